The zero-order chi connectivity index (χ0) is 21.3. The lowest BCUT2D eigenvalue weighted by atomic mass is 10.2. The maximum Gasteiger partial charge on any atom is 0.271 e. The van der Waals surface area contributed by atoms with Crippen LogP contribution in [0.4, 0.5) is 5.69 Å². The normalized spacial score (nSPS) is 10.6. The number of carbonyl (C=O) groups is 2. The molecule has 30 heavy (non-hydrogen) atoms. The standard InChI is InChI=1S/C23H20ClN3O3/c1-16-7-5-6-10-20(16)26-22(28)15-30-21-12-11-19(24)13-18(21)14-25-27-23(29)17-8-3-2-4-9-17/h2-14H,15H2,1H3,(H,26,28)(H,27,29)/b25-14+. The van der Waals surface area contributed by atoms with E-state index in [0.717, 1.165) is 11.3 Å². The van der Waals surface area contributed by atoms with E-state index in [-0.39, 0.29) is 18.4 Å². The second-order valence-electron chi connectivity index (χ2n) is 6.40. The van der Waals surface area contributed by atoms with Gasteiger partial charge in [0.25, 0.3) is 11.8 Å². The monoisotopic (exact) mass is 421 g/mol. The molecule has 3 aromatic rings. The Bertz CT molecular complexity index is 1070. The van der Waals surface area contributed by atoms with E-state index in [1.165, 1.54) is 6.21 Å². The van der Waals surface area contributed by atoms with Crippen LogP contribution >= 0.6 is 11.6 Å². The SMILES string of the molecule is Cc1ccccc1NC(=O)COc1ccc(Cl)cc1/C=N/NC(=O)c1ccccc1. The Morgan fingerprint density at radius 1 is 1.03 bits per heavy atom. The van der Waals surface area contributed by atoms with Gasteiger partial charge in [0.2, 0.25) is 0 Å². The molecule has 0 fully saturated rings. The van der Waals surface area contributed by atoms with Crippen LogP contribution in [0.2, 0.25) is 5.02 Å². The molecule has 6 nitrogen and oxygen atoms in total. The molecule has 7 heteroatoms. The fourth-order valence-corrected chi connectivity index (χ4v) is 2.79. The van der Waals surface area contributed by atoms with Crippen LogP contribution in [0.15, 0.2) is 77.9 Å². The van der Waals surface area contributed by atoms with Crippen molar-refractivity contribution < 1.29 is 14.3 Å². The Hall–Kier alpha value is -3.64. The molecule has 0 spiro atoms. The highest BCUT2D eigenvalue weighted by Gasteiger charge is 2.09. The molecule has 0 saturated carbocycles. The van der Waals surface area contributed by atoms with Gasteiger partial charge in [-0.25, -0.2) is 5.43 Å². The first kappa shape index (κ1) is 21.1. The number of nitrogens with zero attached hydrogens (tertiary/aromatic N) is 1. The van der Waals surface area contributed by atoms with Gasteiger partial charge in [-0.05, 0) is 48.9 Å². The van der Waals surface area contributed by atoms with Crippen molar-refractivity contribution in [3.63, 3.8) is 0 Å². The molecular formula is C23H20ClN3O3. The van der Waals surface area contributed by atoms with Crippen LogP contribution in [-0.2, 0) is 4.79 Å². The number of benzene rings is 3. The maximum atomic E-state index is 12.2. The van der Waals surface area contributed by atoms with Crippen molar-refractivity contribution in [3.8, 4) is 5.75 Å². The lowest BCUT2D eigenvalue weighted by Gasteiger charge is -2.11. The Kier molecular flexibility index (Phi) is 7.19. The van der Waals surface area contributed by atoms with E-state index in [1.54, 1.807) is 42.5 Å². The van der Waals surface area contributed by atoms with Gasteiger partial charge in [-0.3, -0.25) is 9.59 Å². The second-order valence-corrected chi connectivity index (χ2v) is 6.84. The number of carbonyl (C=O) groups excluding carboxylic acids is 2. The van der Waals surface area contributed by atoms with Gasteiger partial charge in [-0.1, -0.05) is 48.0 Å². The molecule has 2 N–H and O–H groups in total. The molecule has 0 aromatic heterocycles. The van der Waals surface area contributed by atoms with E-state index in [0.29, 0.717) is 21.9 Å². The van der Waals surface area contributed by atoms with Gasteiger partial charge < -0.3 is 10.1 Å². The summed E-state index contributed by atoms with van der Waals surface area (Å²) >= 11 is 6.06. The molecule has 0 bridgehead atoms. The van der Waals surface area contributed by atoms with E-state index in [9.17, 15) is 9.59 Å². The molecule has 2 amide bonds. The minimum Gasteiger partial charge on any atom is -0.483 e. The summed E-state index contributed by atoms with van der Waals surface area (Å²) in [7, 11) is 0. The van der Waals surface area contributed by atoms with Crippen LogP contribution in [0.5, 0.6) is 5.75 Å². The van der Waals surface area contributed by atoms with Crippen LogP contribution in [-0.4, -0.2) is 24.6 Å². The zero-order valence-electron chi connectivity index (χ0n) is 16.3. The number of anilines is 1. The summed E-state index contributed by atoms with van der Waals surface area (Å²) in [6.07, 6.45) is 1.42. The molecule has 3 rings (SSSR count). The zero-order valence-corrected chi connectivity index (χ0v) is 17.0. The summed E-state index contributed by atoms with van der Waals surface area (Å²) in [5.74, 6) is -0.217. The van der Waals surface area contributed by atoms with Gasteiger partial charge in [0.05, 0.1) is 6.21 Å². The van der Waals surface area contributed by atoms with Gasteiger partial charge in [0, 0.05) is 21.8 Å². The number of aryl methyl sites for hydroxylation is 1. The highest BCUT2D eigenvalue weighted by Crippen LogP contribution is 2.21. The summed E-state index contributed by atoms with van der Waals surface area (Å²) in [6.45, 7) is 1.72. The number of ether oxygens (including phenoxy) is 1. The molecule has 0 aliphatic rings. The number of hydrazone groups is 1. The topological polar surface area (TPSA) is 79.8 Å². The molecule has 0 aliphatic heterocycles. The molecule has 3 aromatic carbocycles. The van der Waals surface area contributed by atoms with E-state index in [2.05, 4.69) is 15.8 Å². The van der Waals surface area contributed by atoms with Crippen molar-refractivity contribution in [2.75, 3.05) is 11.9 Å². The van der Waals surface area contributed by atoms with Gasteiger partial charge in [0.15, 0.2) is 6.61 Å². The second kappa shape index (κ2) is 10.2. The Morgan fingerprint density at radius 3 is 2.53 bits per heavy atom. The van der Waals surface area contributed by atoms with Gasteiger partial charge >= 0.3 is 0 Å². The van der Waals surface area contributed by atoms with Gasteiger partial charge in [0.1, 0.15) is 5.75 Å². The first-order chi connectivity index (χ1) is 14.5. The summed E-state index contributed by atoms with van der Waals surface area (Å²) in [4.78, 5) is 24.3. The van der Waals surface area contributed by atoms with E-state index in [4.69, 9.17) is 16.3 Å². The Morgan fingerprint density at radius 2 is 1.77 bits per heavy atom. The third-order valence-corrected chi connectivity index (χ3v) is 4.39. The van der Waals surface area contributed by atoms with E-state index >= 15 is 0 Å². The smallest absolute Gasteiger partial charge is 0.271 e. The van der Waals surface area contributed by atoms with Crippen LogP contribution in [0.1, 0.15) is 21.5 Å². The summed E-state index contributed by atoms with van der Waals surface area (Å²) in [5.41, 5.74) is 5.16. The van der Waals surface area contributed by atoms with Crippen molar-refractivity contribution in [1.82, 2.24) is 5.43 Å². The number of hydrogen-bond donors (Lipinski definition) is 2. The van der Waals surface area contributed by atoms with Gasteiger partial charge in [-0.15, -0.1) is 0 Å². The lowest BCUT2D eigenvalue weighted by Crippen LogP contribution is -2.21. The fraction of sp³-hybridized carbons (Fsp3) is 0.0870. The molecule has 0 saturated heterocycles. The minimum absolute atomic E-state index is 0.187. The molecule has 0 heterocycles. The number of para-hydroxylation sites is 1. The van der Waals surface area contributed by atoms with Crippen LogP contribution < -0.4 is 15.5 Å². The molecular weight excluding hydrogens is 402 g/mol. The third-order valence-electron chi connectivity index (χ3n) is 4.16. The maximum absolute atomic E-state index is 12.2. The molecule has 0 unspecified atom stereocenters. The average Bonchev–Trinajstić information content (AvgIpc) is 2.75. The molecule has 152 valence electrons. The van der Waals surface area contributed by atoms with Crippen LogP contribution in [0.25, 0.3) is 0 Å². The predicted octanol–water partition coefficient (Wildman–Crippen LogP) is 4.43. The average molecular weight is 422 g/mol. The molecule has 0 aliphatic carbocycles. The summed E-state index contributed by atoms with van der Waals surface area (Å²) in [6, 6.07) is 21.1. The van der Waals surface area contributed by atoms with Crippen LogP contribution in [0, 0.1) is 6.92 Å². The molecule has 0 atom stereocenters. The number of nitrogens with one attached hydrogen (secondary N) is 2. The summed E-state index contributed by atoms with van der Waals surface area (Å²) < 4.78 is 5.63. The van der Waals surface area contributed by atoms with Crippen molar-refractivity contribution in [1.29, 1.82) is 0 Å². The number of halogens is 1. The minimum atomic E-state index is -0.339. The first-order valence-corrected chi connectivity index (χ1v) is 9.57. The lowest BCUT2D eigenvalue weighted by molar-refractivity contribution is -0.118. The summed E-state index contributed by atoms with van der Waals surface area (Å²) in [5, 5.41) is 7.24. The number of rotatable bonds is 7. The Labute approximate surface area is 179 Å². The first-order valence-electron chi connectivity index (χ1n) is 9.19. The largest absolute Gasteiger partial charge is 0.483 e. The highest BCUT2D eigenvalue weighted by molar-refractivity contribution is 6.30. The Balaban J connectivity index is 1.62. The van der Waals surface area contributed by atoms with Crippen molar-refractivity contribution in [3.05, 3.63) is 94.5 Å². The number of amides is 2. The van der Waals surface area contributed by atoms with Crippen molar-refractivity contribution in [2.24, 2.45) is 5.10 Å². The number of hydrogen-bond acceptors (Lipinski definition) is 4. The van der Waals surface area contributed by atoms with Gasteiger partial charge in [-0.2, -0.15) is 5.10 Å². The molecule has 0 radical (unpaired) electrons. The highest BCUT2D eigenvalue weighted by atomic mass is 35.5. The van der Waals surface area contributed by atoms with E-state index in [1.807, 2.05) is 37.3 Å². The van der Waals surface area contributed by atoms with E-state index < -0.39 is 0 Å². The van der Waals surface area contributed by atoms with Crippen molar-refractivity contribution >= 4 is 35.3 Å². The third kappa shape index (κ3) is 5.93. The predicted molar refractivity (Wildman–Crippen MR) is 118 cm³/mol. The van der Waals surface area contributed by atoms with Crippen molar-refractivity contribution in [2.45, 2.75) is 6.92 Å². The fourth-order valence-electron chi connectivity index (χ4n) is 2.61. The van der Waals surface area contributed by atoms with Crippen LogP contribution in [0.3, 0.4) is 0 Å². The quantitative estimate of drug-likeness (QED) is 0.437.